The quantitative estimate of drug-likeness (QED) is 0.787. The highest BCUT2D eigenvalue weighted by atomic mass is 16.5. The second-order valence-electron chi connectivity index (χ2n) is 6.75. The Morgan fingerprint density at radius 3 is 2.50 bits per heavy atom. The number of hydrogen-bond acceptors (Lipinski definition) is 3. The molecule has 0 aliphatic heterocycles. The van der Waals surface area contributed by atoms with Crippen LogP contribution in [0.15, 0.2) is 0 Å². The second kappa shape index (κ2) is 6.44. The molecule has 0 amide bonds. The Bertz CT molecular complexity index is 337. The monoisotopic (exact) mass is 283 g/mol. The van der Waals surface area contributed by atoms with Gasteiger partial charge in [0, 0.05) is 18.1 Å². The SMILES string of the molecule is CCOC1CC(NC(C(=O)O)C(C)C)C12CCCCC2. The van der Waals surface area contributed by atoms with Crippen LogP contribution in [0.1, 0.15) is 59.3 Å². The third-order valence-corrected chi connectivity index (χ3v) is 5.25. The predicted octanol–water partition coefficient (Wildman–Crippen LogP) is 2.81. The highest BCUT2D eigenvalue weighted by molar-refractivity contribution is 5.73. The Labute approximate surface area is 122 Å². The molecule has 2 aliphatic rings. The van der Waals surface area contributed by atoms with Crippen LogP contribution in [0.3, 0.4) is 0 Å². The molecule has 0 aromatic heterocycles. The molecule has 0 heterocycles. The average molecular weight is 283 g/mol. The van der Waals surface area contributed by atoms with Crippen LogP contribution in [-0.4, -0.2) is 35.9 Å². The van der Waals surface area contributed by atoms with E-state index in [0.717, 1.165) is 13.0 Å². The molecule has 1 spiro atoms. The van der Waals surface area contributed by atoms with Crippen molar-refractivity contribution in [3.63, 3.8) is 0 Å². The lowest BCUT2D eigenvalue weighted by molar-refractivity contribution is -0.160. The molecule has 4 heteroatoms. The van der Waals surface area contributed by atoms with Gasteiger partial charge in [0.05, 0.1) is 6.10 Å². The van der Waals surface area contributed by atoms with Crippen molar-refractivity contribution in [2.24, 2.45) is 11.3 Å². The van der Waals surface area contributed by atoms with Gasteiger partial charge in [0.15, 0.2) is 0 Å². The molecule has 4 nitrogen and oxygen atoms in total. The van der Waals surface area contributed by atoms with Crippen molar-refractivity contribution >= 4 is 5.97 Å². The van der Waals surface area contributed by atoms with Gasteiger partial charge in [-0.05, 0) is 32.1 Å². The first kappa shape index (κ1) is 15.8. The smallest absolute Gasteiger partial charge is 0.320 e. The van der Waals surface area contributed by atoms with Crippen LogP contribution >= 0.6 is 0 Å². The summed E-state index contributed by atoms with van der Waals surface area (Å²) in [6, 6.07) is -0.135. The maximum Gasteiger partial charge on any atom is 0.320 e. The van der Waals surface area contributed by atoms with Gasteiger partial charge in [-0.25, -0.2) is 0 Å². The van der Waals surface area contributed by atoms with Gasteiger partial charge in [-0.3, -0.25) is 4.79 Å². The standard InChI is InChI=1S/C16H29NO3/c1-4-20-13-10-12(16(13)8-6-5-7-9-16)17-14(11(2)3)15(18)19/h11-14,17H,4-10H2,1-3H3,(H,18,19). The summed E-state index contributed by atoms with van der Waals surface area (Å²) >= 11 is 0. The molecule has 3 unspecified atom stereocenters. The fourth-order valence-corrected chi connectivity index (χ4v) is 4.06. The fraction of sp³-hybridized carbons (Fsp3) is 0.938. The third-order valence-electron chi connectivity index (χ3n) is 5.25. The molecule has 3 atom stereocenters. The molecule has 2 rings (SSSR count). The van der Waals surface area contributed by atoms with Gasteiger partial charge in [-0.1, -0.05) is 33.1 Å². The van der Waals surface area contributed by atoms with Crippen molar-refractivity contribution in [2.75, 3.05) is 6.61 Å². The Balaban J connectivity index is 2.05. The molecule has 2 fully saturated rings. The Morgan fingerprint density at radius 1 is 1.35 bits per heavy atom. The van der Waals surface area contributed by atoms with E-state index in [0.29, 0.717) is 12.1 Å². The normalized spacial score (nSPS) is 30.2. The van der Waals surface area contributed by atoms with Gasteiger partial charge < -0.3 is 15.2 Å². The molecule has 0 saturated heterocycles. The van der Waals surface area contributed by atoms with Crippen LogP contribution in [0.25, 0.3) is 0 Å². The van der Waals surface area contributed by atoms with Crippen LogP contribution in [0, 0.1) is 11.3 Å². The van der Waals surface area contributed by atoms with E-state index in [1.54, 1.807) is 0 Å². The number of carbonyl (C=O) groups is 1. The van der Waals surface area contributed by atoms with Crippen molar-refractivity contribution < 1.29 is 14.6 Å². The number of nitrogens with one attached hydrogen (secondary N) is 1. The second-order valence-corrected chi connectivity index (χ2v) is 6.75. The predicted molar refractivity (Wildman–Crippen MR) is 78.7 cm³/mol. The molecule has 116 valence electrons. The molecular formula is C16H29NO3. The maximum atomic E-state index is 11.4. The zero-order valence-electron chi connectivity index (χ0n) is 13.0. The van der Waals surface area contributed by atoms with Gasteiger partial charge >= 0.3 is 5.97 Å². The first-order valence-electron chi connectivity index (χ1n) is 8.11. The van der Waals surface area contributed by atoms with Crippen molar-refractivity contribution in [1.82, 2.24) is 5.32 Å². The number of carboxylic acids is 1. The summed E-state index contributed by atoms with van der Waals surface area (Å²) in [6.45, 7) is 6.74. The van der Waals surface area contributed by atoms with Crippen LogP contribution in [0.5, 0.6) is 0 Å². The molecule has 0 aromatic rings. The van der Waals surface area contributed by atoms with E-state index in [4.69, 9.17) is 4.74 Å². The minimum atomic E-state index is -0.731. The topological polar surface area (TPSA) is 58.6 Å². The Kier molecular flexibility index (Phi) is 5.08. The van der Waals surface area contributed by atoms with Crippen LogP contribution in [0.2, 0.25) is 0 Å². The highest BCUT2D eigenvalue weighted by Gasteiger charge is 2.56. The van der Waals surface area contributed by atoms with Gasteiger partial charge in [0.25, 0.3) is 0 Å². The molecule has 0 bridgehead atoms. The van der Waals surface area contributed by atoms with Crippen molar-refractivity contribution in [2.45, 2.75) is 77.5 Å². The summed E-state index contributed by atoms with van der Waals surface area (Å²) in [4.78, 5) is 11.4. The van der Waals surface area contributed by atoms with E-state index >= 15 is 0 Å². The lowest BCUT2D eigenvalue weighted by Gasteiger charge is -2.58. The number of carboxylic acid groups (broad SMARTS) is 1. The Morgan fingerprint density at radius 2 is 2.00 bits per heavy atom. The zero-order valence-corrected chi connectivity index (χ0v) is 13.0. The fourth-order valence-electron chi connectivity index (χ4n) is 4.06. The van der Waals surface area contributed by atoms with E-state index in [2.05, 4.69) is 5.32 Å². The molecule has 0 radical (unpaired) electrons. The van der Waals surface area contributed by atoms with Crippen LogP contribution < -0.4 is 5.32 Å². The van der Waals surface area contributed by atoms with Crippen molar-refractivity contribution in [3.05, 3.63) is 0 Å². The molecular weight excluding hydrogens is 254 g/mol. The molecule has 2 saturated carbocycles. The molecule has 2 aliphatic carbocycles. The minimum absolute atomic E-state index is 0.110. The van der Waals surface area contributed by atoms with E-state index in [1.807, 2.05) is 20.8 Å². The Hall–Kier alpha value is -0.610. The maximum absolute atomic E-state index is 11.4. The van der Waals surface area contributed by atoms with Gasteiger partial charge in [0.2, 0.25) is 0 Å². The van der Waals surface area contributed by atoms with Gasteiger partial charge in [0.1, 0.15) is 6.04 Å². The van der Waals surface area contributed by atoms with Crippen molar-refractivity contribution in [1.29, 1.82) is 0 Å². The van der Waals surface area contributed by atoms with E-state index in [9.17, 15) is 9.90 Å². The summed E-state index contributed by atoms with van der Waals surface area (Å²) in [5.41, 5.74) is 0.191. The summed E-state index contributed by atoms with van der Waals surface area (Å²) in [5, 5.41) is 12.8. The number of rotatable bonds is 6. The van der Waals surface area contributed by atoms with Gasteiger partial charge in [-0.2, -0.15) is 0 Å². The molecule has 20 heavy (non-hydrogen) atoms. The summed E-state index contributed by atoms with van der Waals surface area (Å²) in [5.74, 6) is -0.620. The average Bonchev–Trinajstić information content (AvgIpc) is 2.42. The summed E-state index contributed by atoms with van der Waals surface area (Å²) in [6.07, 6.45) is 7.46. The first-order valence-corrected chi connectivity index (χ1v) is 8.11. The lowest BCUT2D eigenvalue weighted by atomic mass is 9.55. The zero-order chi connectivity index (χ0) is 14.8. The first-order chi connectivity index (χ1) is 9.51. The third kappa shape index (κ3) is 2.86. The number of ether oxygens (including phenoxy) is 1. The summed E-state index contributed by atoms with van der Waals surface area (Å²) in [7, 11) is 0. The van der Waals surface area contributed by atoms with E-state index in [-0.39, 0.29) is 11.3 Å². The van der Waals surface area contributed by atoms with E-state index < -0.39 is 12.0 Å². The molecule has 2 N–H and O–H groups in total. The largest absolute Gasteiger partial charge is 0.480 e. The van der Waals surface area contributed by atoms with Crippen molar-refractivity contribution in [3.8, 4) is 0 Å². The lowest BCUT2D eigenvalue weighted by Crippen LogP contribution is -2.67. The van der Waals surface area contributed by atoms with Crippen LogP contribution in [0.4, 0.5) is 0 Å². The minimum Gasteiger partial charge on any atom is -0.480 e. The number of aliphatic carboxylic acids is 1. The van der Waals surface area contributed by atoms with Crippen LogP contribution in [-0.2, 0) is 9.53 Å². The number of hydrogen-bond donors (Lipinski definition) is 2. The van der Waals surface area contributed by atoms with E-state index in [1.165, 1.54) is 32.1 Å². The summed E-state index contributed by atoms with van der Waals surface area (Å²) < 4.78 is 5.92. The van der Waals surface area contributed by atoms with Gasteiger partial charge in [-0.15, -0.1) is 0 Å². The molecule has 0 aromatic carbocycles. The highest BCUT2D eigenvalue weighted by Crippen LogP contribution is 2.53.